The van der Waals surface area contributed by atoms with Crippen LogP contribution >= 0.6 is 11.6 Å². The smallest absolute Gasteiger partial charge is 0.268 e. The number of aromatic nitrogens is 2. The molecular weight excluding hydrogens is 282 g/mol. The van der Waals surface area contributed by atoms with Crippen LogP contribution in [0, 0.1) is 10.1 Å². The van der Waals surface area contributed by atoms with Crippen LogP contribution in [0.1, 0.15) is 19.4 Å². The van der Waals surface area contributed by atoms with Crippen LogP contribution in [0.4, 0.5) is 5.69 Å². The zero-order valence-corrected chi connectivity index (χ0v) is 11.7. The van der Waals surface area contributed by atoms with E-state index in [-0.39, 0.29) is 16.3 Å². The molecule has 0 bridgehead atoms. The molecule has 1 heterocycles. The molecule has 1 aromatic heterocycles. The largest absolute Gasteiger partial charge is 0.271 e. The lowest BCUT2D eigenvalue weighted by Gasteiger charge is -2.26. The molecule has 0 saturated heterocycles. The number of nitro groups is 1. The first-order chi connectivity index (χ1) is 9.32. The SMILES string of the molecule is CC(C)(c1cc(Cl)cc([N+](=O)[O-])c1)n1ncccc1=O. The van der Waals surface area contributed by atoms with Crippen molar-refractivity contribution in [3.63, 3.8) is 0 Å². The van der Waals surface area contributed by atoms with Gasteiger partial charge in [0, 0.05) is 29.4 Å². The van der Waals surface area contributed by atoms with E-state index < -0.39 is 10.5 Å². The molecule has 0 spiro atoms. The molecule has 0 fully saturated rings. The van der Waals surface area contributed by atoms with Crippen LogP contribution in [0.5, 0.6) is 0 Å². The molecule has 0 aliphatic heterocycles. The van der Waals surface area contributed by atoms with Crippen molar-refractivity contribution < 1.29 is 4.92 Å². The highest BCUT2D eigenvalue weighted by Gasteiger charge is 2.27. The molecule has 20 heavy (non-hydrogen) atoms. The molecule has 0 amide bonds. The van der Waals surface area contributed by atoms with Gasteiger partial charge < -0.3 is 0 Å². The van der Waals surface area contributed by atoms with Gasteiger partial charge in [-0.2, -0.15) is 5.10 Å². The van der Waals surface area contributed by atoms with Gasteiger partial charge in [-0.05, 0) is 31.5 Å². The summed E-state index contributed by atoms with van der Waals surface area (Å²) in [6.07, 6.45) is 1.49. The zero-order valence-electron chi connectivity index (χ0n) is 10.9. The van der Waals surface area contributed by atoms with E-state index in [9.17, 15) is 14.9 Å². The highest BCUT2D eigenvalue weighted by Crippen LogP contribution is 2.29. The van der Waals surface area contributed by atoms with E-state index in [1.54, 1.807) is 19.9 Å². The quantitative estimate of drug-likeness (QED) is 0.643. The summed E-state index contributed by atoms with van der Waals surface area (Å²) in [5, 5.41) is 15.2. The number of nitrogens with zero attached hydrogens (tertiary/aromatic N) is 3. The Morgan fingerprint density at radius 2 is 2.05 bits per heavy atom. The molecule has 0 aliphatic rings. The summed E-state index contributed by atoms with van der Waals surface area (Å²) >= 11 is 5.92. The lowest BCUT2D eigenvalue weighted by molar-refractivity contribution is -0.385. The van der Waals surface area contributed by atoms with E-state index in [4.69, 9.17) is 11.6 Å². The van der Waals surface area contributed by atoms with E-state index in [1.807, 2.05) is 0 Å². The second-order valence-corrected chi connectivity index (χ2v) is 5.22. The Labute approximate surface area is 119 Å². The molecule has 0 N–H and O–H groups in total. The normalized spacial score (nSPS) is 11.3. The average Bonchev–Trinajstić information content (AvgIpc) is 2.38. The topological polar surface area (TPSA) is 78.0 Å². The molecule has 6 nitrogen and oxygen atoms in total. The maximum absolute atomic E-state index is 11.9. The third-order valence-corrected chi connectivity index (χ3v) is 3.26. The summed E-state index contributed by atoms with van der Waals surface area (Å²) in [5.41, 5.74) is -0.726. The second-order valence-electron chi connectivity index (χ2n) is 4.79. The molecule has 0 radical (unpaired) electrons. The predicted molar refractivity (Wildman–Crippen MR) is 75.0 cm³/mol. The maximum atomic E-state index is 11.9. The summed E-state index contributed by atoms with van der Waals surface area (Å²) in [6, 6.07) is 7.17. The van der Waals surface area contributed by atoms with Crippen LogP contribution in [-0.2, 0) is 5.54 Å². The highest BCUT2D eigenvalue weighted by molar-refractivity contribution is 6.30. The Hall–Kier alpha value is -2.21. The van der Waals surface area contributed by atoms with Crippen LogP contribution in [0.15, 0.2) is 41.3 Å². The Morgan fingerprint density at radius 1 is 1.35 bits per heavy atom. The number of hydrogen-bond acceptors (Lipinski definition) is 4. The summed E-state index contributed by atoms with van der Waals surface area (Å²) in [6.45, 7) is 3.49. The Balaban J connectivity index is 2.63. The fourth-order valence-corrected chi connectivity index (χ4v) is 2.16. The van der Waals surface area contributed by atoms with Crippen molar-refractivity contribution in [1.82, 2.24) is 9.78 Å². The second kappa shape index (κ2) is 5.05. The summed E-state index contributed by atoms with van der Waals surface area (Å²) in [7, 11) is 0. The summed E-state index contributed by atoms with van der Waals surface area (Å²) < 4.78 is 1.27. The fourth-order valence-electron chi connectivity index (χ4n) is 1.93. The Morgan fingerprint density at radius 3 is 2.65 bits per heavy atom. The van der Waals surface area contributed by atoms with Crippen molar-refractivity contribution in [1.29, 1.82) is 0 Å². The van der Waals surface area contributed by atoms with E-state index >= 15 is 0 Å². The van der Waals surface area contributed by atoms with Gasteiger partial charge in [-0.15, -0.1) is 0 Å². The minimum atomic E-state index is -0.853. The standard InChI is InChI=1S/C13H12ClN3O3/c1-13(2,16-12(18)4-3-5-15-16)9-6-10(14)8-11(7-9)17(19)20/h3-8H,1-2H3. The minimum Gasteiger partial charge on any atom is -0.268 e. The van der Waals surface area contributed by atoms with E-state index in [1.165, 1.54) is 35.1 Å². The number of rotatable bonds is 3. The van der Waals surface area contributed by atoms with E-state index in [2.05, 4.69) is 5.10 Å². The third-order valence-electron chi connectivity index (χ3n) is 3.05. The van der Waals surface area contributed by atoms with E-state index in [0.29, 0.717) is 5.56 Å². The molecule has 2 aromatic rings. The number of halogens is 1. The molecule has 2 rings (SSSR count). The van der Waals surface area contributed by atoms with Gasteiger partial charge >= 0.3 is 0 Å². The summed E-state index contributed by atoms with van der Waals surface area (Å²) in [5.74, 6) is 0. The number of nitro benzene ring substituents is 1. The average molecular weight is 294 g/mol. The zero-order chi connectivity index (χ0) is 14.9. The number of non-ortho nitro benzene ring substituents is 1. The highest BCUT2D eigenvalue weighted by atomic mass is 35.5. The van der Waals surface area contributed by atoms with Crippen LogP contribution in [0.2, 0.25) is 5.02 Å². The maximum Gasteiger partial charge on any atom is 0.271 e. The van der Waals surface area contributed by atoms with Gasteiger partial charge in [-0.3, -0.25) is 14.9 Å². The lowest BCUT2D eigenvalue weighted by Crippen LogP contribution is -2.38. The number of benzene rings is 1. The van der Waals surface area contributed by atoms with Crippen molar-refractivity contribution in [2.75, 3.05) is 0 Å². The Kier molecular flexibility index (Phi) is 3.59. The predicted octanol–water partition coefficient (Wildman–Crippen LogP) is 2.59. The molecule has 0 saturated carbocycles. The van der Waals surface area contributed by atoms with Gasteiger partial charge in [-0.25, -0.2) is 4.68 Å². The lowest BCUT2D eigenvalue weighted by atomic mass is 9.94. The third kappa shape index (κ3) is 2.55. The van der Waals surface area contributed by atoms with E-state index in [0.717, 1.165) is 0 Å². The molecule has 7 heteroatoms. The number of hydrogen-bond donors (Lipinski definition) is 0. The van der Waals surface area contributed by atoms with Gasteiger partial charge in [0.2, 0.25) is 0 Å². The Bertz CT molecular complexity index is 725. The van der Waals surface area contributed by atoms with Gasteiger partial charge in [-0.1, -0.05) is 11.6 Å². The van der Waals surface area contributed by atoms with Crippen molar-refractivity contribution in [2.45, 2.75) is 19.4 Å². The van der Waals surface area contributed by atoms with Crippen LogP contribution < -0.4 is 5.56 Å². The van der Waals surface area contributed by atoms with Crippen molar-refractivity contribution in [3.8, 4) is 0 Å². The van der Waals surface area contributed by atoms with Crippen LogP contribution in [-0.4, -0.2) is 14.7 Å². The van der Waals surface area contributed by atoms with Gasteiger partial charge in [0.25, 0.3) is 11.2 Å². The van der Waals surface area contributed by atoms with Crippen molar-refractivity contribution in [2.24, 2.45) is 0 Å². The van der Waals surface area contributed by atoms with Gasteiger partial charge in [0.05, 0.1) is 10.5 Å². The van der Waals surface area contributed by atoms with Gasteiger partial charge in [0.15, 0.2) is 0 Å². The van der Waals surface area contributed by atoms with Crippen LogP contribution in [0.3, 0.4) is 0 Å². The van der Waals surface area contributed by atoms with Crippen molar-refractivity contribution >= 4 is 17.3 Å². The monoisotopic (exact) mass is 293 g/mol. The molecule has 1 aromatic carbocycles. The first kappa shape index (κ1) is 14.2. The van der Waals surface area contributed by atoms with Crippen LogP contribution in [0.25, 0.3) is 0 Å². The minimum absolute atomic E-state index is 0.121. The molecule has 0 atom stereocenters. The van der Waals surface area contributed by atoms with Gasteiger partial charge in [0.1, 0.15) is 0 Å². The molecule has 104 valence electrons. The first-order valence-electron chi connectivity index (χ1n) is 5.82. The summed E-state index contributed by atoms with van der Waals surface area (Å²) in [4.78, 5) is 22.3. The fraction of sp³-hybridized carbons (Fsp3) is 0.231. The molecule has 0 aliphatic carbocycles. The van der Waals surface area contributed by atoms with Crippen molar-refractivity contribution in [3.05, 3.63) is 67.6 Å². The molecular formula is C13H12ClN3O3. The molecule has 0 unspecified atom stereocenters. The first-order valence-corrected chi connectivity index (χ1v) is 6.20.